The molecular formula is C6H5ClIN. The maximum atomic E-state index is 5.77. The Bertz CT molecular complexity index is 204. The molecule has 0 aliphatic heterocycles. The lowest BCUT2D eigenvalue weighted by Crippen LogP contribution is -1.84. The lowest BCUT2D eigenvalue weighted by Gasteiger charge is -1.95. The second kappa shape index (κ2) is 2.84. The summed E-state index contributed by atoms with van der Waals surface area (Å²) in [5, 5.41) is 0.781. The van der Waals surface area contributed by atoms with Gasteiger partial charge in [0.25, 0.3) is 0 Å². The second-order valence-electron chi connectivity index (χ2n) is 1.69. The minimum atomic E-state index is 0.781. The van der Waals surface area contributed by atoms with E-state index in [1.807, 2.05) is 6.92 Å². The Kier molecular flexibility index (Phi) is 2.29. The SMILES string of the molecule is Cc1nccc(Cl)c1I. The molecule has 9 heavy (non-hydrogen) atoms. The minimum Gasteiger partial charge on any atom is -0.260 e. The van der Waals surface area contributed by atoms with Crippen LogP contribution in [0, 0.1) is 10.5 Å². The van der Waals surface area contributed by atoms with E-state index in [2.05, 4.69) is 27.6 Å². The first-order valence-corrected chi connectivity index (χ1v) is 3.94. The van der Waals surface area contributed by atoms with Crippen molar-refractivity contribution in [3.05, 3.63) is 26.5 Å². The van der Waals surface area contributed by atoms with Crippen molar-refractivity contribution in [3.8, 4) is 0 Å². The summed E-state index contributed by atoms with van der Waals surface area (Å²) >= 11 is 7.94. The van der Waals surface area contributed by atoms with Crippen LogP contribution in [0.3, 0.4) is 0 Å². The predicted octanol–water partition coefficient (Wildman–Crippen LogP) is 2.65. The molecule has 1 nitrogen and oxygen atoms in total. The quantitative estimate of drug-likeness (QED) is 0.648. The van der Waals surface area contributed by atoms with Gasteiger partial charge in [0.2, 0.25) is 0 Å². The Morgan fingerprint density at radius 1 is 1.67 bits per heavy atom. The van der Waals surface area contributed by atoms with Crippen molar-refractivity contribution >= 4 is 34.2 Å². The second-order valence-corrected chi connectivity index (χ2v) is 3.18. The van der Waals surface area contributed by atoms with Crippen LogP contribution < -0.4 is 0 Å². The van der Waals surface area contributed by atoms with Gasteiger partial charge in [-0.2, -0.15) is 0 Å². The van der Waals surface area contributed by atoms with Crippen molar-refractivity contribution < 1.29 is 0 Å². The average Bonchev–Trinajstić information content (AvgIpc) is 1.83. The summed E-state index contributed by atoms with van der Waals surface area (Å²) in [7, 11) is 0. The molecular weight excluding hydrogens is 248 g/mol. The number of aromatic nitrogens is 1. The van der Waals surface area contributed by atoms with Gasteiger partial charge in [-0.05, 0) is 35.6 Å². The third-order valence-corrected chi connectivity index (χ3v) is 3.01. The summed E-state index contributed by atoms with van der Waals surface area (Å²) in [6, 6.07) is 1.79. The van der Waals surface area contributed by atoms with E-state index in [-0.39, 0.29) is 0 Å². The van der Waals surface area contributed by atoms with Crippen LogP contribution in [-0.4, -0.2) is 4.98 Å². The van der Waals surface area contributed by atoms with Gasteiger partial charge in [0.1, 0.15) is 0 Å². The fourth-order valence-electron chi connectivity index (χ4n) is 0.517. The molecule has 0 bridgehead atoms. The number of hydrogen-bond acceptors (Lipinski definition) is 1. The third-order valence-electron chi connectivity index (χ3n) is 1.02. The van der Waals surface area contributed by atoms with Crippen molar-refractivity contribution in [2.24, 2.45) is 0 Å². The zero-order valence-corrected chi connectivity index (χ0v) is 7.77. The summed E-state index contributed by atoms with van der Waals surface area (Å²) in [6.07, 6.45) is 1.71. The van der Waals surface area contributed by atoms with Gasteiger partial charge in [0, 0.05) is 6.20 Å². The monoisotopic (exact) mass is 253 g/mol. The highest BCUT2D eigenvalue weighted by atomic mass is 127. The smallest absolute Gasteiger partial charge is 0.0573 e. The van der Waals surface area contributed by atoms with Crippen molar-refractivity contribution in [1.29, 1.82) is 0 Å². The number of nitrogens with zero attached hydrogens (tertiary/aromatic N) is 1. The zero-order chi connectivity index (χ0) is 6.85. The Morgan fingerprint density at radius 2 is 2.33 bits per heavy atom. The summed E-state index contributed by atoms with van der Waals surface area (Å²) in [6.45, 7) is 1.94. The van der Waals surface area contributed by atoms with Crippen LogP contribution in [0.25, 0.3) is 0 Å². The van der Waals surface area contributed by atoms with Gasteiger partial charge in [-0.25, -0.2) is 0 Å². The molecule has 0 aromatic carbocycles. The van der Waals surface area contributed by atoms with Crippen molar-refractivity contribution in [2.75, 3.05) is 0 Å². The van der Waals surface area contributed by atoms with Gasteiger partial charge < -0.3 is 0 Å². The number of rotatable bonds is 0. The highest BCUT2D eigenvalue weighted by molar-refractivity contribution is 14.1. The molecule has 0 saturated heterocycles. The van der Waals surface area contributed by atoms with Crippen LogP contribution in [0.15, 0.2) is 12.3 Å². The number of pyridine rings is 1. The Labute approximate surface area is 72.6 Å². The standard InChI is InChI=1S/C6H5ClIN/c1-4-6(8)5(7)2-3-9-4/h2-3H,1H3. The van der Waals surface area contributed by atoms with Crippen LogP contribution in [0.5, 0.6) is 0 Å². The van der Waals surface area contributed by atoms with Crippen LogP contribution in [0.2, 0.25) is 5.02 Å². The van der Waals surface area contributed by atoms with Gasteiger partial charge in [-0.1, -0.05) is 11.6 Å². The molecule has 0 radical (unpaired) electrons. The van der Waals surface area contributed by atoms with Crippen molar-refractivity contribution in [2.45, 2.75) is 6.92 Å². The summed E-state index contributed by atoms with van der Waals surface area (Å²) in [4.78, 5) is 4.05. The van der Waals surface area contributed by atoms with Gasteiger partial charge >= 0.3 is 0 Å². The molecule has 0 aliphatic rings. The maximum absolute atomic E-state index is 5.77. The zero-order valence-electron chi connectivity index (χ0n) is 4.86. The van der Waals surface area contributed by atoms with Crippen molar-refractivity contribution in [3.63, 3.8) is 0 Å². The van der Waals surface area contributed by atoms with E-state index in [1.165, 1.54) is 0 Å². The highest BCUT2D eigenvalue weighted by Gasteiger charge is 1.97. The lowest BCUT2D eigenvalue weighted by molar-refractivity contribution is 1.18. The number of hydrogen-bond donors (Lipinski definition) is 0. The molecule has 0 amide bonds. The number of aryl methyl sites for hydroxylation is 1. The van der Waals surface area contributed by atoms with Gasteiger partial charge in [-0.3, -0.25) is 4.98 Å². The molecule has 0 aliphatic carbocycles. The van der Waals surface area contributed by atoms with Gasteiger partial charge in [0.15, 0.2) is 0 Å². The third kappa shape index (κ3) is 1.55. The fourth-order valence-corrected chi connectivity index (χ4v) is 1.03. The molecule has 3 heteroatoms. The summed E-state index contributed by atoms with van der Waals surface area (Å²) in [5.41, 5.74) is 0.989. The minimum absolute atomic E-state index is 0.781. The fraction of sp³-hybridized carbons (Fsp3) is 0.167. The molecule has 0 saturated carbocycles. The van der Waals surface area contributed by atoms with Gasteiger partial charge in [0.05, 0.1) is 14.3 Å². The Morgan fingerprint density at radius 3 is 2.78 bits per heavy atom. The number of halogens is 2. The molecule has 1 aromatic rings. The van der Waals surface area contributed by atoms with E-state index in [4.69, 9.17) is 11.6 Å². The molecule has 0 fully saturated rings. The topological polar surface area (TPSA) is 12.9 Å². The van der Waals surface area contributed by atoms with Crippen LogP contribution in [0.4, 0.5) is 0 Å². The summed E-state index contributed by atoms with van der Waals surface area (Å²) in [5.74, 6) is 0. The van der Waals surface area contributed by atoms with E-state index in [0.29, 0.717) is 0 Å². The predicted molar refractivity (Wildman–Crippen MR) is 46.7 cm³/mol. The van der Waals surface area contributed by atoms with E-state index >= 15 is 0 Å². The van der Waals surface area contributed by atoms with E-state index < -0.39 is 0 Å². The molecule has 1 rings (SSSR count). The highest BCUT2D eigenvalue weighted by Crippen LogP contribution is 2.18. The first-order valence-electron chi connectivity index (χ1n) is 2.48. The van der Waals surface area contributed by atoms with Crippen LogP contribution in [-0.2, 0) is 0 Å². The largest absolute Gasteiger partial charge is 0.260 e. The molecule has 0 unspecified atom stereocenters. The van der Waals surface area contributed by atoms with E-state index in [9.17, 15) is 0 Å². The van der Waals surface area contributed by atoms with Crippen LogP contribution in [0.1, 0.15) is 5.69 Å². The maximum Gasteiger partial charge on any atom is 0.0573 e. The molecule has 0 spiro atoms. The molecule has 48 valence electrons. The average molecular weight is 253 g/mol. The first kappa shape index (κ1) is 7.28. The molecule has 0 N–H and O–H groups in total. The van der Waals surface area contributed by atoms with Crippen LogP contribution >= 0.6 is 34.2 Å². The normalized spacial score (nSPS) is 9.67. The molecule has 1 aromatic heterocycles. The van der Waals surface area contributed by atoms with E-state index in [1.54, 1.807) is 12.3 Å². The first-order chi connectivity index (χ1) is 4.22. The lowest BCUT2D eigenvalue weighted by atomic mass is 10.4. The Balaban J connectivity index is 3.25. The van der Waals surface area contributed by atoms with Crippen molar-refractivity contribution in [1.82, 2.24) is 4.98 Å². The molecule has 1 heterocycles. The van der Waals surface area contributed by atoms with E-state index in [0.717, 1.165) is 14.3 Å². The van der Waals surface area contributed by atoms with Gasteiger partial charge in [-0.15, -0.1) is 0 Å². The summed E-state index contributed by atoms with van der Waals surface area (Å²) < 4.78 is 1.04. The molecule has 0 atom stereocenters. The Hall–Kier alpha value is 0.170.